The van der Waals surface area contributed by atoms with Gasteiger partial charge >= 0.3 is 0 Å². The van der Waals surface area contributed by atoms with Crippen LogP contribution in [0.1, 0.15) is 27.2 Å². The van der Waals surface area contributed by atoms with E-state index in [0.717, 1.165) is 47.1 Å². The van der Waals surface area contributed by atoms with E-state index in [1.807, 2.05) is 61.2 Å². The fourth-order valence-electron chi connectivity index (χ4n) is 3.75. The van der Waals surface area contributed by atoms with Crippen LogP contribution in [0.3, 0.4) is 0 Å². The van der Waals surface area contributed by atoms with Crippen LogP contribution in [0.2, 0.25) is 0 Å². The topological polar surface area (TPSA) is 49.3 Å². The maximum Gasteiger partial charge on any atom is 0.254 e. The summed E-state index contributed by atoms with van der Waals surface area (Å²) >= 11 is 0. The van der Waals surface area contributed by atoms with Crippen LogP contribution in [0.5, 0.6) is 0 Å². The highest BCUT2D eigenvalue weighted by atomic mass is 16.2. The molecule has 0 spiro atoms. The van der Waals surface area contributed by atoms with Crippen molar-refractivity contribution in [3.63, 3.8) is 0 Å². The summed E-state index contributed by atoms with van der Waals surface area (Å²) in [6, 6.07) is 18.1. The maximum absolute atomic E-state index is 12.9. The number of amides is 1. The van der Waals surface area contributed by atoms with Crippen molar-refractivity contribution in [1.82, 2.24) is 14.9 Å². The number of hydrogen-bond donors (Lipinski definition) is 0. The third-order valence-corrected chi connectivity index (χ3v) is 5.38. The predicted molar refractivity (Wildman–Crippen MR) is 116 cm³/mol. The number of rotatable bonds is 3. The molecule has 2 aromatic carbocycles. The number of hydrogen-bond acceptors (Lipinski definition) is 4. The maximum atomic E-state index is 12.9. The van der Waals surface area contributed by atoms with Crippen LogP contribution < -0.4 is 4.90 Å². The molecule has 1 aliphatic rings. The molecule has 2 heterocycles. The summed E-state index contributed by atoms with van der Waals surface area (Å²) < 4.78 is 0. The van der Waals surface area contributed by atoms with Crippen molar-refractivity contribution in [2.75, 3.05) is 31.1 Å². The molecule has 29 heavy (non-hydrogen) atoms. The highest BCUT2D eigenvalue weighted by molar-refractivity contribution is 5.95. The second kappa shape index (κ2) is 8.03. The highest BCUT2D eigenvalue weighted by Gasteiger charge is 2.24. The van der Waals surface area contributed by atoms with Crippen LogP contribution in [0, 0.1) is 20.8 Å². The first-order valence-electron chi connectivity index (χ1n) is 10.0. The Kier molecular flexibility index (Phi) is 5.30. The van der Waals surface area contributed by atoms with E-state index in [1.165, 1.54) is 5.56 Å². The van der Waals surface area contributed by atoms with Gasteiger partial charge in [0.2, 0.25) is 0 Å². The van der Waals surface area contributed by atoms with Crippen molar-refractivity contribution in [2.24, 2.45) is 0 Å². The van der Waals surface area contributed by atoms with Crippen LogP contribution in [-0.4, -0.2) is 47.0 Å². The van der Waals surface area contributed by atoms with Gasteiger partial charge in [-0.25, -0.2) is 9.97 Å². The van der Waals surface area contributed by atoms with E-state index in [9.17, 15) is 4.79 Å². The van der Waals surface area contributed by atoms with E-state index in [4.69, 9.17) is 4.98 Å². The van der Waals surface area contributed by atoms with Gasteiger partial charge in [-0.2, -0.15) is 0 Å². The molecule has 5 nitrogen and oxygen atoms in total. The number of benzene rings is 2. The third-order valence-electron chi connectivity index (χ3n) is 5.38. The summed E-state index contributed by atoms with van der Waals surface area (Å²) in [6.45, 7) is 8.97. The van der Waals surface area contributed by atoms with Gasteiger partial charge in [-0.15, -0.1) is 0 Å². The van der Waals surface area contributed by atoms with Gasteiger partial charge in [-0.1, -0.05) is 42.0 Å². The fourth-order valence-corrected chi connectivity index (χ4v) is 3.75. The van der Waals surface area contributed by atoms with Crippen molar-refractivity contribution < 1.29 is 4.79 Å². The number of nitrogens with zero attached hydrogens (tertiary/aromatic N) is 4. The molecule has 148 valence electrons. The van der Waals surface area contributed by atoms with E-state index in [0.29, 0.717) is 13.1 Å². The molecule has 0 saturated carbocycles. The molecular formula is C24H26N4O. The molecule has 3 aromatic rings. The number of aromatic nitrogens is 2. The minimum atomic E-state index is 0.113. The van der Waals surface area contributed by atoms with Crippen LogP contribution in [0.4, 0.5) is 5.82 Å². The van der Waals surface area contributed by atoms with Gasteiger partial charge in [0.1, 0.15) is 5.82 Å². The van der Waals surface area contributed by atoms with Crippen molar-refractivity contribution >= 4 is 11.7 Å². The molecular weight excluding hydrogens is 360 g/mol. The molecule has 0 aliphatic carbocycles. The molecule has 0 atom stereocenters. The van der Waals surface area contributed by atoms with E-state index < -0.39 is 0 Å². The summed E-state index contributed by atoms with van der Waals surface area (Å²) in [5, 5.41) is 0. The molecule has 1 amide bonds. The summed E-state index contributed by atoms with van der Waals surface area (Å²) in [5.41, 5.74) is 4.99. The van der Waals surface area contributed by atoms with E-state index >= 15 is 0 Å². The lowest BCUT2D eigenvalue weighted by molar-refractivity contribution is 0.0746. The number of piperazine rings is 1. The molecule has 5 heteroatoms. The van der Waals surface area contributed by atoms with Crippen LogP contribution in [0.15, 0.2) is 54.6 Å². The number of carbonyl (C=O) groups is 1. The largest absolute Gasteiger partial charge is 0.353 e. The van der Waals surface area contributed by atoms with Gasteiger partial charge < -0.3 is 9.80 Å². The number of carbonyl (C=O) groups excluding carboxylic acids is 1. The first kappa shape index (κ1) is 19.1. The van der Waals surface area contributed by atoms with Gasteiger partial charge in [0.05, 0.1) is 0 Å². The van der Waals surface area contributed by atoms with Crippen molar-refractivity contribution in [2.45, 2.75) is 20.8 Å². The lowest BCUT2D eigenvalue weighted by Crippen LogP contribution is -2.49. The Morgan fingerprint density at radius 1 is 0.862 bits per heavy atom. The van der Waals surface area contributed by atoms with Gasteiger partial charge in [0, 0.05) is 49.1 Å². The highest BCUT2D eigenvalue weighted by Crippen LogP contribution is 2.22. The monoisotopic (exact) mass is 386 g/mol. The third kappa shape index (κ3) is 4.14. The zero-order valence-electron chi connectivity index (χ0n) is 17.2. The molecule has 1 aromatic heterocycles. The molecule has 1 fully saturated rings. The SMILES string of the molecule is Cc1cccc(-c2nc(C)cc(N3CCN(C(=O)c4ccccc4C)CC3)n2)c1. The first-order chi connectivity index (χ1) is 14.0. The quantitative estimate of drug-likeness (QED) is 0.682. The molecule has 0 radical (unpaired) electrons. The smallest absolute Gasteiger partial charge is 0.254 e. The van der Waals surface area contributed by atoms with E-state index in [1.54, 1.807) is 0 Å². The summed E-state index contributed by atoms with van der Waals surface area (Å²) in [5.74, 6) is 1.79. The van der Waals surface area contributed by atoms with Crippen molar-refractivity contribution in [3.8, 4) is 11.4 Å². The van der Waals surface area contributed by atoms with Gasteiger partial charge in [-0.3, -0.25) is 4.79 Å². The molecule has 4 rings (SSSR count). The van der Waals surface area contributed by atoms with Gasteiger partial charge in [0.25, 0.3) is 5.91 Å². The Bertz CT molecular complexity index is 1040. The molecule has 0 bridgehead atoms. The van der Waals surface area contributed by atoms with Crippen molar-refractivity contribution in [1.29, 1.82) is 0 Å². The van der Waals surface area contributed by atoms with E-state index in [2.05, 4.69) is 28.9 Å². The van der Waals surface area contributed by atoms with Crippen molar-refractivity contribution in [3.05, 3.63) is 77.0 Å². The summed E-state index contributed by atoms with van der Waals surface area (Å²) in [7, 11) is 0. The normalized spacial score (nSPS) is 14.2. The predicted octanol–water partition coefficient (Wildman–Crippen LogP) is 4.03. The molecule has 1 saturated heterocycles. The zero-order chi connectivity index (χ0) is 20.4. The second-order valence-electron chi connectivity index (χ2n) is 7.65. The average molecular weight is 386 g/mol. The lowest BCUT2D eigenvalue weighted by Gasteiger charge is -2.35. The average Bonchev–Trinajstić information content (AvgIpc) is 2.73. The second-order valence-corrected chi connectivity index (χ2v) is 7.65. The Morgan fingerprint density at radius 2 is 1.62 bits per heavy atom. The summed E-state index contributed by atoms with van der Waals surface area (Å²) in [6.07, 6.45) is 0. The fraction of sp³-hybridized carbons (Fsp3) is 0.292. The van der Waals surface area contributed by atoms with Crippen LogP contribution in [0.25, 0.3) is 11.4 Å². The lowest BCUT2D eigenvalue weighted by atomic mass is 10.1. The van der Waals surface area contributed by atoms with Crippen LogP contribution >= 0.6 is 0 Å². The number of aryl methyl sites for hydroxylation is 3. The Morgan fingerprint density at radius 3 is 2.34 bits per heavy atom. The Labute approximate surface area is 172 Å². The van der Waals surface area contributed by atoms with Crippen LogP contribution in [-0.2, 0) is 0 Å². The first-order valence-corrected chi connectivity index (χ1v) is 10.0. The molecule has 0 unspecified atom stereocenters. The minimum absolute atomic E-state index is 0.113. The van der Waals surface area contributed by atoms with E-state index in [-0.39, 0.29) is 5.91 Å². The Balaban J connectivity index is 1.50. The summed E-state index contributed by atoms with van der Waals surface area (Å²) in [4.78, 5) is 26.5. The molecule has 1 aliphatic heterocycles. The van der Waals surface area contributed by atoms with Gasteiger partial charge in [-0.05, 0) is 38.5 Å². The standard InChI is InChI=1S/C24H26N4O/c1-17-7-6-9-20(15-17)23-25-19(3)16-22(26-23)27-11-13-28(14-12-27)24(29)21-10-5-4-8-18(21)2/h4-10,15-16H,11-14H2,1-3H3. The molecule has 0 N–H and O–H groups in total. The number of anilines is 1. The van der Waals surface area contributed by atoms with Gasteiger partial charge in [0.15, 0.2) is 5.82 Å². The zero-order valence-corrected chi connectivity index (χ0v) is 17.2. The minimum Gasteiger partial charge on any atom is -0.353 e. The Hall–Kier alpha value is -3.21.